The second kappa shape index (κ2) is 8.43. The highest BCUT2D eigenvalue weighted by atomic mass is 35.5. The Hall–Kier alpha value is -2.57. The molecule has 2 aromatic carbocycles. The Morgan fingerprint density at radius 1 is 1.10 bits per heavy atom. The molecule has 0 saturated carbocycles. The number of benzene rings is 2. The molecule has 0 amide bonds. The third-order valence-electron chi connectivity index (χ3n) is 4.60. The van der Waals surface area contributed by atoms with E-state index in [4.69, 9.17) is 21.0 Å². The average molecular weight is 426 g/mol. The lowest BCUT2D eigenvalue weighted by atomic mass is 10.2. The minimum absolute atomic E-state index is 0.00122. The predicted molar refractivity (Wildman–Crippen MR) is 118 cm³/mol. The number of halogens is 1. The number of para-hydroxylation sites is 1. The number of hydrogen-bond acceptors (Lipinski definition) is 5. The Morgan fingerprint density at radius 3 is 2.62 bits per heavy atom. The van der Waals surface area contributed by atoms with Crippen LogP contribution in [0, 0.1) is 6.92 Å². The molecular weight excluding hydrogens is 406 g/mol. The SMILES string of the molecule is CCCn1c(SCc2nc(-c3ccc(Cl)cc3)oc2C)nc2ccccc2c1=O. The van der Waals surface area contributed by atoms with E-state index >= 15 is 0 Å². The lowest BCUT2D eigenvalue weighted by Gasteiger charge is -2.11. The topological polar surface area (TPSA) is 60.9 Å². The van der Waals surface area contributed by atoms with E-state index in [0.29, 0.717) is 39.3 Å². The average Bonchev–Trinajstić information content (AvgIpc) is 3.10. The first-order valence-corrected chi connectivity index (χ1v) is 10.8. The van der Waals surface area contributed by atoms with Crippen LogP contribution >= 0.6 is 23.4 Å². The van der Waals surface area contributed by atoms with E-state index in [0.717, 1.165) is 23.4 Å². The van der Waals surface area contributed by atoms with Gasteiger partial charge in [-0.05, 0) is 49.7 Å². The number of fused-ring (bicyclic) bond motifs is 1. The van der Waals surface area contributed by atoms with Crippen molar-refractivity contribution in [1.29, 1.82) is 0 Å². The molecule has 4 rings (SSSR count). The molecule has 5 nitrogen and oxygen atoms in total. The van der Waals surface area contributed by atoms with Crippen LogP contribution in [0.2, 0.25) is 5.02 Å². The molecule has 0 aliphatic heterocycles. The first-order valence-electron chi connectivity index (χ1n) is 9.41. The number of hydrogen-bond donors (Lipinski definition) is 0. The molecule has 0 saturated heterocycles. The highest BCUT2D eigenvalue weighted by Crippen LogP contribution is 2.28. The molecule has 0 N–H and O–H groups in total. The maximum atomic E-state index is 12.9. The molecular formula is C22H20ClN3O2S. The summed E-state index contributed by atoms with van der Waals surface area (Å²) in [5, 5.41) is 2.02. The minimum atomic E-state index is -0.00122. The molecule has 4 aromatic rings. The van der Waals surface area contributed by atoms with E-state index in [1.165, 1.54) is 11.8 Å². The van der Waals surface area contributed by atoms with Crippen molar-refractivity contribution in [3.05, 3.63) is 75.4 Å². The van der Waals surface area contributed by atoms with Gasteiger partial charge in [-0.25, -0.2) is 9.97 Å². The summed E-state index contributed by atoms with van der Waals surface area (Å²) in [7, 11) is 0. The third-order valence-corrected chi connectivity index (χ3v) is 5.84. The number of rotatable bonds is 6. The Kier molecular flexibility index (Phi) is 5.74. The molecule has 0 aliphatic rings. The Balaban J connectivity index is 1.64. The molecule has 7 heteroatoms. The molecule has 0 fully saturated rings. The zero-order valence-corrected chi connectivity index (χ0v) is 17.8. The smallest absolute Gasteiger partial charge is 0.262 e. The summed E-state index contributed by atoms with van der Waals surface area (Å²) >= 11 is 7.46. The van der Waals surface area contributed by atoms with E-state index in [9.17, 15) is 4.79 Å². The summed E-state index contributed by atoms with van der Waals surface area (Å²) in [6, 6.07) is 14.9. The predicted octanol–water partition coefficient (Wildman–Crippen LogP) is 5.72. The molecule has 0 radical (unpaired) electrons. The third kappa shape index (κ3) is 4.09. The molecule has 0 unspecified atom stereocenters. The van der Waals surface area contributed by atoms with Gasteiger partial charge in [0.05, 0.1) is 16.6 Å². The summed E-state index contributed by atoms with van der Waals surface area (Å²) in [6.45, 7) is 4.58. The summed E-state index contributed by atoms with van der Waals surface area (Å²) in [4.78, 5) is 22.3. The van der Waals surface area contributed by atoms with Crippen LogP contribution < -0.4 is 5.56 Å². The molecule has 0 bridgehead atoms. The summed E-state index contributed by atoms with van der Waals surface area (Å²) in [6.07, 6.45) is 0.858. The van der Waals surface area contributed by atoms with Gasteiger partial charge in [-0.3, -0.25) is 9.36 Å². The number of oxazole rings is 1. The zero-order chi connectivity index (χ0) is 20.4. The summed E-state index contributed by atoms with van der Waals surface area (Å²) < 4.78 is 7.60. The van der Waals surface area contributed by atoms with E-state index in [1.807, 2.05) is 55.5 Å². The molecule has 0 atom stereocenters. The molecule has 2 aromatic heterocycles. The molecule has 29 heavy (non-hydrogen) atoms. The van der Waals surface area contributed by atoms with Crippen molar-refractivity contribution < 1.29 is 4.42 Å². The second-order valence-corrected chi connectivity index (χ2v) is 8.06. The van der Waals surface area contributed by atoms with E-state index < -0.39 is 0 Å². The summed E-state index contributed by atoms with van der Waals surface area (Å²) in [5.74, 6) is 1.89. The second-order valence-electron chi connectivity index (χ2n) is 6.69. The largest absolute Gasteiger partial charge is 0.441 e. The number of nitrogens with zero attached hydrogens (tertiary/aromatic N) is 3. The lowest BCUT2D eigenvalue weighted by Crippen LogP contribution is -2.23. The maximum absolute atomic E-state index is 12.9. The van der Waals surface area contributed by atoms with Gasteiger partial charge in [0.2, 0.25) is 5.89 Å². The van der Waals surface area contributed by atoms with Crippen molar-refractivity contribution >= 4 is 34.3 Å². The van der Waals surface area contributed by atoms with Gasteiger partial charge in [-0.15, -0.1) is 0 Å². The Labute approximate surface area is 177 Å². The highest BCUT2D eigenvalue weighted by Gasteiger charge is 2.15. The molecule has 0 aliphatic carbocycles. The van der Waals surface area contributed by atoms with Crippen LogP contribution in [0.25, 0.3) is 22.4 Å². The number of aromatic nitrogens is 3. The van der Waals surface area contributed by atoms with Crippen LogP contribution in [0.3, 0.4) is 0 Å². The monoisotopic (exact) mass is 425 g/mol. The first kappa shape index (κ1) is 19.7. The van der Waals surface area contributed by atoms with Gasteiger partial charge in [0, 0.05) is 22.9 Å². The quantitative estimate of drug-likeness (QED) is 0.292. The fourth-order valence-electron chi connectivity index (χ4n) is 3.09. The molecule has 2 heterocycles. The lowest BCUT2D eigenvalue weighted by molar-refractivity contribution is 0.540. The standard InChI is InChI=1S/C22H20ClN3O2S/c1-3-12-26-21(27)17-6-4-5-7-18(17)25-22(26)29-13-19-14(2)28-20(24-19)15-8-10-16(23)11-9-15/h4-11H,3,12-13H2,1-2H3. The van der Waals surface area contributed by atoms with Crippen molar-refractivity contribution in [3.8, 4) is 11.5 Å². The number of aryl methyl sites for hydroxylation is 1. The van der Waals surface area contributed by atoms with Crippen LogP contribution in [0.15, 0.2) is 62.9 Å². The van der Waals surface area contributed by atoms with E-state index in [2.05, 4.69) is 11.9 Å². The van der Waals surface area contributed by atoms with Gasteiger partial charge in [-0.2, -0.15) is 0 Å². The normalized spacial score (nSPS) is 11.3. The van der Waals surface area contributed by atoms with Gasteiger partial charge in [0.1, 0.15) is 5.76 Å². The highest BCUT2D eigenvalue weighted by molar-refractivity contribution is 7.98. The van der Waals surface area contributed by atoms with Crippen molar-refractivity contribution in [2.45, 2.75) is 37.7 Å². The van der Waals surface area contributed by atoms with Crippen molar-refractivity contribution in [3.63, 3.8) is 0 Å². The van der Waals surface area contributed by atoms with Crippen LogP contribution in [0.4, 0.5) is 0 Å². The van der Waals surface area contributed by atoms with Gasteiger partial charge >= 0.3 is 0 Å². The van der Waals surface area contributed by atoms with Crippen molar-refractivity contribution in [1.82, 2.24) is 14.5 Å². The maximum Gasteiger partial charge on any atom is 0.262 e. The van der Waals surface area contributed by atoms with Crippen molar-refractivity contribution in [2.24, 2.45) is 0 Å². The number of thioether (sulfide) groups is 1. The Morgan fingerprint density at radius 2 is 1.86 bits per heavy atom. The molecule has 148 valence electrons. The van der Waals surface area contributed by atoms with Crippen LogP contribution in [-0.4, -0.2) is 14.5 Å². The van der Waals surface area contributed by atoms with Crippen LogP contribution in [0.5, 0.6) is 0 Å². The minimum Gasteiger partial charge on any atom is -0.441 e. The van der Waals surface area contributed by atoms with Crippen LogP contribution in [-0.2, 0) is 12.3 Å². The Bertz CT molecular complexity index is 1220. The van der Waals surface area contributed by atoms with Crippen molar-refractivity contribution in [2.75, 3.05) is 0 Å². The summed E-state index contributed by atoms with van der Waals surface area (Å²) in [5.41, 5.74) is 2.43. The van der Waals surface area contributed by atoms with Gasteiger partial charge < -0.3 is 4.42 Å². The van der Waals surface area contributed by atoms with Gasteiger partial charge in [0.25, 0.3) is 5.56 Å². The van der Waals surface area contributed by atoms with E-state index in [1.54, 1.807) is 4.57 Å². The zero-order valence-electron chi connectivity index (χ0n) is 16.2. The van der Waals surface area contributed by atoms with E-state index in [-0.39, 0.29) is 5.56 Å². The fraction of sp³-hybridized carbons (Fsp3) is 0.227. The van der Waals surface area contributed by atoms with Crippen LogP contribution in [0.1, 0.15) is 24.8 Å². The first-order chi connectivity index (χ1) is 14.1. The van der Waals surface area contributed by atoms with Gasteiger partial charge in [0.15, 0.2) is 5.16 Å². The fourth-order valence-corrected chi connectivity index (χ4v) is 4.24. The van der Waals surface area contributed by atoms with Gasteiger partial charge in [-0.1, -0.05) is 42.4 Å². The molecule has 0 spiro atoms.